The Morgan fingerprint density at radius 3 is 1.00 bits per heavy atom. The van der Waals surface area contributed by atoms with E-state index in [0.29, 0.717) is 0 Å². The topological polar surface area (TPSA) is 3.88 Å². The van der Waals surface area contributed by atoms with E-state index in [1.807, 2.05) is 0 Å². The first kappa shape index (κ1) is 35.2. The maximum absolute atomic E-state index is 2.40. The van der Waals surface area contributed by atoms with E-state index in [1.54, 1.807) is 0 Å². The minimum atomic E-state index is 1.19. The molecular weight excluding hydrogens is 458 g/mol. The molecule has 0 atom stereocenters. The molecule has 1 heterocycles. The van der Waals surface area contributed by atoms with Crippen LogP contribution in [0, 0.1) is 0 Å². The minimum absolute atomic E-state index is 1.19. The highest BCUT2D eigenvalue weighted by Gasteiger charge is 2.02. The highest BCUT2D eigenvalue weighted by molar-refractivity contribution is 5.07. The van der Waals surface area contributed by atoms with Crippen molar-refractivity contribution in [3.05, 3.63) is 30.1 Å². The van der Waals surface area contributed by atoms with Gasteiger partial charge in [-0.15, -0.1) is 0 Å². The normalized spacial score (nSPS) is 11.4. The number of unbranched alkanes of at least 4 members (excludes halogenated alkanes) is 26. The van der Waals surface area contributed by atoms with Gasteiger partial charge in [-0.1, -0.05) is 174 Å². The summed E-state index contributed by atoms with van der Waals surface area (Å²) in [6, 6.07) is 4.73. The van der Waals surface area contributed by atoms with Gasteiger partial charge in [-0.25, -0.2) is 4.57 Å². The molecule has 1 aromatic heterocycles. The minimum Gasteiger partial charge on any atom is -0.205 e. The number of aryl methyl sites for hydroxylation is 2. The molecule has 0 aliphatic carbocycles. The van der Waals surface area contributed by atoms with Crippen molar-refractivity contribution < 1.29 is 4.57 Å². The zero-order valence-corrected chi connectivity index (χ0v) is 26.5. The van der Waals surface area contributed by atoms with E-state index in [0.717, 1.165) is 0 Å². The standard InChI is InChI=1S/C37H70N/c1-3-5-7-9-11-13-15-17-18-20-22-24-26-28-30-34-38-35-32-37(33-36-38)31-29-27-25-23-21-19-16-14-12-10-8-6-4-2/h32-33,35-36H,3-31,34H2,1-2H3/q+1. The number of hydrogen-bond donors (Lipinski definition) is 0. The maximum atomic E-state index is 2.40. The third-order valence-corrected chi connectivity index (χ3v) is 8.55. The summed E-state index contributed by atoms with van der Waals surface area (Å²) in [7, 11) is 0. The van der Waals surface area contributed by atoms with Crippen molar-refractivity contribution in [1.82, 2.24) is 0 Å². The van der Waals surface area contributed by atoms with Gasteiger partial charge in [-0.05, 0) is 24.8 Å². The molecule has 0 N–H and O–H groups in total. The summed E-state index contributed by atoms with van der Waals surface area (Å²) in [5.74, 6) is 0. The monoisotopic (exact) mass is 529 g/mol. The van der Waals surface area contributed by atoms with E-state index in [1.165, 1.54) is 198 Å². The van der Waals surface area contributed by atoms with Gasteiger partial charge in [0.15, 0.2) is 12.4 Å². The van der Waals surface area contributed by atoms with Crippen LogP contribution in [0.25, 0.3) is 0 Å². The molecule has 0 spiro atoms. The van der Waals surface area contributed by atoms with Gasteiger partial charge >= 0.3 is 0 Å². The van der Waals surface area contributed by atoms with Crippen LogP contribution in [0.1, 0.15) is 199 Å². The van der Waals surface area contributed by atoms with E-state index in [4.69, 9.17) is 0 Å². The van der Waals surface area contributed by atoms with Crippen molar-refractivity contribution in [1.29, 1.82) is 0 Å². The summed E-state index contributed by atoms with van der Waals surface area (Å²) in [4.78, 5) is 0. The van der Waals surface area contributed by atoms with Gasteiger partial charge in [0.2, 0.25) is 0 Å². The van der Waals surface area contributed by atoms with Crippen molar-refractivity contribution in [3.8, 4) is 0 Å². The maximum Gasteiger partial charge on any atom is 0.169 e. The molecule has 1 aromatic rings. The van der Waals surface area contributed by atoms with Crippen LogP contribution in [0.3, 0.4) is 0 Å². The third kappa shape index (κ3) is 24.2. The van der Waals surface area contributed by atoms with Crippen LogP contribution < -0.4 is 4.57 Å². The van der Waals surface area contributed by atoms with Crippen molar-refractivity contribution in [2.75, 3.05) is 0 Å². The van der Waals surface area contributed by atoms with E-state index in [-0.39, 0.29) is 0 Å². The second kappa shape index (κ2) is 29.1. The summed E-state index contributed by atoms with van der Waals surface area (Å²) >= 11 is 0. The van der Waals surface area contributed by atoms with Crippen LogP contribution in [0.15, 0.2) is 24.5 Å². The first-order chi connectivity index (χ1) is 18.9. The molecule has 1 nitrogen and oxygen atoms in total. The van der Waals surface area contributed by atoms with E-state index in [9.17, 15) is 0 Å². The molecule has 0 saturated carbocycles. The third-order valence-electron chi connectivity index (χ3n) is 8.55. The van der Waals surface area contributed by atoms with Gasteiger partial charge in [0, 0.05) is 18.6 Å². The molecule has 0 fully saturated rings. The molecule has 0 amide bonds. The van der Waals surface area contributed by atoms with Crippen LogP contribution in [0.5, 0.6) is 0 Å². The zero-order valence-electron chi connectivity index (χ0n) is 26.5. The highest BCUT2D eigenvalue weighted by atomic mass is 14.9. The Bertz CT molecular complexity index is 563. The molecule has 0 bridgehead atoms. The van der Waals surface area contributed by atoms with Gasteiger partial charge in [0.1, 0.15) is 6.54 Å². The Balaban J connectivity index is 1.83. The van der Waals surface area contributed by atoms with Crippen LogP contribution in [0.4, 0.5) is 0 Å². The largest absolute Gasteiger partial charge is 0.205 e. The molecule has 0 aromatic carbocycles. The average Bonchev–Trinajstić information content (AvgIpc) is 2.94. The fourth-order valence-corrected chi connectivity index (χ4v) is 5.82. The molecule has 1 rings (SSSR count). The Labute approximate surface area is 241 Å². The molecule has 0 unspecified atom stereocenters. The van der Waals surface area contributed by atoms with Crippen molar-refractivity contribution >= 4 is 0 Å². The van der Waals surface area contributed by atoms with Gasteiger partial charge in [0.25, 0.3) is 0 Å². The van der Waals surface area contributed by atoms with Crippen LogP contribution in [-0.2, 0) is 13.0 Å². The summed E-state index contributed by atoms with van der Waals surface area (Å²) in [5, 5.41) is 0. The SMILES string of the molecule is CCCCCCCCCCCCCCCCC[n+]1ccc(CCCCCCCCCCCCCCC)cc1. The second-order valence-corrected chi connectivity index (χ2v) is 12.4. The zero-order chi connectivity index (χ0) is 27.2. The predicted octanol–water partition coefficient (Wildman–Crippen LogP) is 12.5. The van der Waals surface area contributed by atoms with Crippen LogP contribution in [0.2, 0.25) is 0 Å². The van der Waals surface area contributed by atoms with Gasteiger partial charge in [-0.3, -0.25) is 0 Å². The van der Waals surface area contributed by atoms with Crippen LogP contribution >= 0.6 is 0 Å². The van der Waals surface area contributed by atoms with Crippen molar-refractivity contribution in [3.63, 3.8) is 0 Å². The highest BCUT2D eigenvalue weighted by Crippen LogP contribution is 2.15. The molecule has 0 saturated heterocycles. The Morgan fingerprint density at radius 2 is 0.658 bits per heavy atom. The van der Waals surface area contributed by atoms with Crippen molar-refractivity contribution in [2.24, 2.45) is 0 Å². The lowest BCUT2D eigenvalue weighted by molar-refractivity contribution is -0.697. The molecule has 38 heavy (non-hydrogen) atoms. The summed E-state index contributed by atoms with van der Waals surface area (Å²) in [6.45, 7) is 5.80. The molecule has 0 radical (unpaired) electrons. The lowest BCUT2D eigenvalue weighted by Gasteiger charge is -2.04. The molecule has 1 heteroatoms. The number of pyridine rings is 1. The summed E-state index contributed by atoms with van der Waals surface area (Å²) in [6.07, 6.45) is 46.2. The lowest BCUT2D eigenvalue weighted by atomic mass is 10.0. The fraction of sp³-hybridized carbons (Fsp3) is 0.865. The van der Waals surface area contributed by atoms with E-state index >= 15 is 0 Å². The summed E-state index contributed by atoms with van der Waals surface area (Å²) in [5.41, 5.74) is 1.53. The van der Waals surface area contributed by atoms with Gasteiger partial charge in [0.05, 0.1) is 0 Å². The molecule has 0 aliphatic heterocycles. The predicted molar refractivity (Wildman–Crippen MR) is 171 cm³/mol. The number of rotatable bonds is 30. The average molecular weight is 529 g/mol. The Morgan fingerprint density at radius 1 is 0.368 bits per heavy atom. The smallest absolute Gasteiger partial charge is 0.169 e. The van der Waals surface area contributed by atoms with Crippen molar-refractivity contribution in [2.45, 2.75) is 207 Å². The quantitative estimate of drug-likeness (QED) is 0.0690. The molecule has 0 aliphatic rings. The first-order valence-electron chi connectivity index (χ1n) is 17.8. The Kier molecular flexibility index (Phi) is 27.0. The first-order valence-corrected chi connectivity index (χ1v) is 17.8. The van der Waals surface area contributed by atoms with E-state index in [2.05, 4.69) is 42.9 Å². The second-order valence-electron chi connectivity index (χ2n) is 12.4. The van der Waals surface area contributed by atoms with E-state index < -0.39 is 0 Å². The fourth-order valence-electron chi connectivity index (χ4n) is 5.82. The van der Waals surface area contributed by atoms with Gasteiger partial charge in [-0.2, -0.15) is 0 Å². The van der Waals surface area contributed by atoms with Gasteiger partial charge < -0.3 is 0 Å². The number of aromatic nitrogens is 1. The van der Waals surface area contributed by atoms with Crippen LogP contribution in [-0.4, -0.2) is 0 Å². The molecular formula is C37H70N+. The lowest BCUT2D eigenvalue weighted by Crippen LogP contribution is -2.32. The molecule has 222 valence electrons. The Hall–Kier alpha value is -0.850. The summed E-state index contributed by atoms with van der Waals surface area (Å²) < 4.78 is 2.40. The number of hydrogen-bond acceptors (Lipinski definition) is 0. The number of nitrogens with zero attached hydrogens (tertiary/aromatic N) is 1.